The molecule has 38 heavy (non-hydrogen) atoms. The molecule has 1 saturated heterocycles. The lowest BCUT2D eigenvalue weighted by molar-refractivity contribution is -0.192. The van der Waals surface area contributed by atoms with Crippen molar-refractivity contribution >= 4 is 40.4 Å². The van der Waals surface area contributed by atoms with E-state index < -0.39 is 18.2 Å². The van der Waals surface area contributed by atoms with Crippen LogP contribution in [0, 0.1) is 6.92 Å². The quantitative estimate of drug-likeness (QED) is 0.317. The van der Waals surface area contributed by atoms with Crippen LogP contribution in [0.25, 0.3) is 11.0 Å². The van der Waals surface area contributed by atoms with E-state index >= 15 is 0 Å². The summed E-state index contributed by atoms with van der Waals surface area (Å²) in [7, 11) is 0. The Morgan fingerprint density at radius 3 is 2.50 bits per heavy atom. The number of halogens is 4. The van der Waals surface area contributed by atoms with Gasteiger partial charge in [0.1, 0.15) is 11.9 Å². The van der Waals surface area contributed by atoms with Gasteiger partial charge in [-0.1, -0.05) is 41.9 Å². The Morgan fingerprint density at radius 2 is 1.87 bits per heavy atom. The van der Waals surface area contributed by atoms with Crippen molar-refractivity contribution in [1.29, 1.82) is 0 Å². The van der Waals surface area contributed by atoms with Gasteiger partial charge < -0.3 is 26.0 Å². The summed E-state index contributed by atoms with van der Waals surface area (Å²) < 4.78 is 31.7. The fourth-order valence-corrected chi connectivity index (χ4v) is 4.27. The Kier molecular flexibility index (Phi) is 9.34. The number of carboxylic acids is 1. The minimum atomic E-state index is -5.08. The molecular formula is C25H27ClF3N5O4. The number of carbonyl (C=O) groups is 3. The molecule has 2 heterocycles. The minimum absolute atomic E-state index is 0.155. The largest absolute Gasteiger partial charge is 0.490 e. The second-order valence-corrected chi connectivity index (χ2v) is 9.26. The van der Waals surface area contributed by atoms with E-state index in [0.717, 1.165) is 29.0 Å². The Bertz CT molecular complexity index is 1300. The number of benzene rings is 2. The van der Waals surface area contributed by atoms with E-state index in [1.807, 2.05) is 31.2 Å². The summed E-state index contributed by atoms with van der Waals surface area (Å²) in [5.41, 5.74) is 3.61. The number of H-pyrrole nitrogens is 1. The summed E-state index contributed by atoms with van der Waals surface area (Å²) in [5, 5.41) is 16.6. The van der Waals surface area contributed by atoms with Crippen LogP contribution in [0.2, 0.25) is 5.02 Å². The van der Waals surface area contributed by atoms with Gasteiger partial charge in [0.15, 0.2) is 0 Å². The third-order valence-corrected chi connectivity index (χ3v) is 6.20. The van der Waals surface area contributed by atoms with Crippen molar-refractivity contribution in [2.45, 2.75) is 51.0 Å². The summed E-state index contributed by atoms with van der Waals surface area (Å²) >= 11 is 6.30. The zero-order chi connectivity index (χ0) is 28.0. The lowest BCUT2D eigenvalue weighted by atomic mass is 9.96. The number of fused-ring (bicyclic) bond motifs is 1. The van der Waals surface area contributed by atoms with Gasteiger partial charge in [0.05, 0.1) is 22.1 Å². The van der Waals surface area contributed by atoms with Crippen LogP contribution < -0.4 is 16.0 Å². The summed E-state index contributed by atoms with van der Waals surface area (Å²) in [6, 6.07) is 12.9. The molecule has 1 aliphatic heterocycles. The van der Waals surface area contributed by atoms with Crippen LogP contribution in [-0.2, 0) is 20.9 Å². The lowest BCUT2D eigenvalue weighted by Crippen LogP contribution is -2.49. The van der Waals surface area contributed by atoms with Gasteiger partial charge >= 0.3 is 12.1 Å². The van der Waals surface area contributed by atoms with Crippen molar-refractivity contribution in [3.63, 3.8) is 0 Å². The summed E-state index contributed by atoms with van der Waals surface area (Å²) in [4.78, 5) is 41.5. The van der Waals surface area contributed by atoms with Crippen molar-refractivity contribution in [2.24, 2.45) is 0 Å². The Morgan fingerprint density at radius 1 is 1.21 bits per heavy atom. The number of aromatic nitrogens is 2. The van der Waals surface area contributed by atoms with Gasteiger partial charge in [-0.15, -0.1) is 0 Å². The van der Waals surface area contributed by atoms with Gasteiger partial charge in [0.25, 0.3) is 0 Å². The molecule has 0 radical (unpaired) electrons. The first-order chi connectivity index (χ1) is 17.8. The predicted molar refractivity (Wildman–Crippen MR) is 135 cm³/mol. The number of imidazole rings is 1. The molecule has 2 aromatic carbocycles. The molecule has 0 aliphatic carbocycles. The number of aromatic amines is 1. The van der Waals surface area contributed by atoms with Gasteiger partial charge in [-0.3, -0.25) is 9.59 Å². The maximum absolute atomic E-state index is 12.6. The van der Waals surface area contributed by atoms with E-state index in [1.54, 1.807) is 13.0 Å². The number of carboxylic acid groups (broad SMARTS) is 1. The zero-order valence-electron chi connectivity index (χ0n) is 20.5. The Balaban J connectivity index is 0.000000505. The number of rotatable bonds is 6. The topological polar surface area (TPSA) is 136 Å². The van der Waals surface area contributed by atoms with Crippen LogP contribution in [-0.4, -0.2) is 57.7 Å². The number of hydrogen-bond donors (Lipinski definition) is 5. The monoisotopic (exact) mass is 553 g/mol. The van der Waals surface area contributed by atoms with Crippen LogP contribution in [0.4, 0.5) is 13.2 Å². The maximum atomic E-state index is 12.6. The van der Waals surface area contributed by atoms with Gasteiger partial charge in [-0.25, -0.2) is 9.78 Å². The number of hydrogen-bond acceptors (Lipinski definition) is 5. The molecule has 204 valence electrons. The van der Waals surface area contributed by atoms with Gasteiger partial charge in [0.2, 0.25) is 11.8 Å². The van der Waals surface area contributed by atoms with Crippen molar-refractivity contribution < 1.29 is 32.7 Å². The second kappa shape index (κ2) is 12.3. The number of aliphatic carboxylic acids is 1. The van der Waals surface area contributed by atoms with Gasteiger partial charge in [-0.2, -0.15) is 13.2 Å². The van der Waals surface area contributed by atoms with Crippen molar-refractivity contribution in [2.75, 3.05) is 6.54 Å². The average molecular weight is 554 g/mol. The predicted octanol–water partition coefficient (Wildman–Crippen LogP) is 3.42. The lowest BCUT2D eigenvalue weighted by Gasteiger charge is -2.17. The molecule has 0 bridgehead atoms. The van der Waals surface area contributed by atoms with Crippen LogP contribution in [0.1, 0.15) is 36.2 Å². The second-order valence-electron chi connectivity index (χ2n) is 8.85. The number of amides is 2. The minimum Gasteiger partial charge on any atom is -0.475 e. The van der Waals surface area contributed by atoms with E-state index in [1.165, 1.54) is 5.56 Å². The highest BCUT2D eigenvalue weighted by molar-refractivity contribution is 6.35. The molecule has 0 spiro atoms. The average Bonchev–Trinajstić information content (AvgIpc) is 3.50. The number of nitrogens with one attached hydrogen (secondary N) is 4. The third-order valence-electron chi connectivity index (χ3n) is 5.90. The summed E-state index contributed by atoms with van der Waals surface area (Å²) in [6.45, 7) is 4.60. The third kappa shape index (κ3) is 7.68. The molecule has 1 aliphatic rings. The summed E-state index contributed by atoms with van der Waals surface area (Å²) in [6.07, 6.45) is -4.37. The number of carbonyl (C=O) groups excluding carboxylic acids is 2. The number of alkyl halides is 3. The molecule has 0 unspecified atom stereocenters. The highest BCUT2D eigenvalue weighted by Gasteiger charge is 2.38. The fourth-order valence-electron chi connectivity index (χ4n) is 3.99. The zero-order valence-corrected chi connectivity index (χ0v) is 21.3. The molecule has 1 aromatic heterocycles. The molecule has 1 fully saturated rings. The van der Waals surface area contributed by atoms with Crippen molar-refractivity contribution in [1.82, 2.24) is 25.9 Å². The first-order valence-electron chi connectivity index (χ1n) is 11.7. The fraction of sp³-hybridized carbons (Fsp3) is 0.360. The highest BCUT2D eigenvalue weighted by atomic mass is 35.5. The molecule has 13 heteroatoms. The Hall–Kier alpha value is -3.64. The van der Waals surface area contributed by atoms with E-state index in [2.05, 4.69) is 38.1 Å². The molecule has 2 amide bonds. The molecule has 0 saturated carbocycles. The van der Waals surface area contributed by atoms with Crippen LogP contribution in [0.15, 0.2) is 42.5 Å². The first-order valence-corrected chi connectivity index (χ1v) is 12.0. The molecule has 4 rings (SSSR count). The number of aryl methyl sites for hydroxylation is 1. The van der Waals surface area contributed by atoms with Gasteiger partial charge in [0, 0.05) is 13.1 Å². The van der Waals surface area contributed by atoms with Gasteiger partial charge in [-0.05, 0) is 49.4 Å². The van der Waals surface area contributed by atoms with E-state index in [4.69, 9.17) is 21.5 Å². The van der Waals surface area contributed by atoms with Crippen molar-refractivity contribution in [3.05, 3.63) is 64.4 Å². The Labute approximate surface area is 221 Å². The first kappa shape index (κ1) is 28.9. The maximum Gasteiger partial charge on any atom is 0.490 e. The van der Waals surface area contributed by atoms with Crippen LogP contribution in [0.5, 0.6) is 0 Å². The molecule has 3 aromatic rings. The molecule has 3 atom stereocenters. The van der Waals surface area contributed by atoms with E-state index in [-0.39, 0.29) is 17.9 Å². The van der Waals surface area contributed by atoms with E-state index in [9.17, 15) is 22.8 Å². The molecule has 9 nitrogen and oxygen atoms in total. The van der Waals surface area contributed by atoms with E-state index in [0.29, 0.717) is 23.9 Å². The van der Waals surface area contributed by atoms with Crippen molar-refractivity contribution in [3.8, 4) is 0 Å². The number of nitrogens with zero attached hydrogens (tertiary/aromatic N) is 1. The highest BCUT2D eigenvalue weighted by Crippen LogP contribution is 2.26. The molecular weight excluding hydrogens is 527 g/mol. The summed E-state index contributed by atoms with van der Waals surface area (Å²) in [5.74, 6) is -2.08. The molecule has 5 N–H and O–H groups in total. The van der Waals surface area contributed by atoms with Crippen LogP contribution in [0.3, 0.4) is 0 Å². The SMILES string of the molecule is Cc1nc2cc(CNC(=O)[C@H](C)NC(=O)[C@H]3C[C@H](c4ccccc4)CN3)cc(Cl)c2[nH]1.O=C(O)C(F)(F)F. The standard InChI is InChI=1S/C23H26ClN5O2.C2HF3O2/c1-13(27-23(31)20-10-17(12-25-20)16-6-4-3-5-7-16)22(30)26-11-15-8-18(24)21-19(9-15)28-14(2)29-21;3-2(4,5)1(6)7/h3-9,13,17,20,25H,10-12H2,1-2H3,(H,26,30)(H,27,31)(H,28,29);(H,6,7)/t13-,17-,20+;/m0./s1. The van der Waals surface area contributed by atoms with Crippen LogP contribution >= 0.6 is 11.6 Å². The normalized spacial score (nSPS) is 17.8. The smallest absolute Gasteiger partial charge is 0.475 e.